The standard InChI is InChI=1S/C23H22N6O4S/c1-27-12-4-7-18(27)14-21-25-26-23(28(21)17-8-10-20(33-2)11-9-17)34-15-22(30)24-16-5-3-6-19(13-16)29(31)32/h3-13H,14-15H2,1-2H3,(H,24,30). The lowest BCUT2D eigenvalue weighted by molar-refractivity contribution is -0.384. The Kier molecular flexibility index (Phi) is 6.93. The Hall–Kier alpha value is -4.12. The first kappa shape index (κ1) is 23.1. The Balaban J connectivity index is 1.54. The minimum atomic E-state index is -0.504. The maximum atomic E-state index is 12.5. The fourth-order valence-corrected chi connectivity index (χ4v) is 4.14. The highest BCUT2D eigenvalue weighted by molar-refractivity contribution is 7.99. The molecule has 0 saturated carbocycles. The number of amides is 1. The summed E-state index contributed by atoms with van der Waals surface area (Å²) in [5.41, 5.74) is 2.19. The number of hydrogen-bond donors (Lipinski definition) is 1. The zero-order chi connectivity index (χ0) is 24.1. The van der Waals surface area contributed by atoms with Crippen LogP contribution in [0.25, 0.3) is 5.69 Å². The van der Waals surface area contributed by atoms with Gasteiger partial charge in [0, 0.05) is 48.9 Å². The summed E-state index contributed by atoms with van der Waals surface area (Å²) in [5.74, 6) is 1.21. The number of aromatic nitrogens is 4. The van der Waals surface area contributed by atoms with Crippen LogP contribution in [-0.2, 0) is 18.3 Å². The first-order chi connectivity index (χ1) is 16.4. The summed E-state index contributed by atoms with van der Waals surface area (Å²) in [6.45, 7) is 0. The van der Waals surface area contributed by atoms with Crippen molar-refractivity contribution in [1.29, 1.82) is 0 Å². The van der Waals surface area contributed by atoms with Crippen LogP contribution in [-0.4, -0.2) is 43.0 Å². The summed E-state index contributed by atoms with van der Waals surface area (Å²) < 4.78 is 9.20. The van der Waals surface area contributed by atoms with Gasteiger partial charge >= 0.3 is 0 Å². The molecule has 0 spiro atoms. The van der Waals surface area contributed by atoms with E-state index in [1.165, 1.54) is 30.0 Å². The zero-order valence-electron chi connectivity index (χ0n) is 18.5. The largest absolute Gasteiger partial charge is 0.497 e. The second kappa shape index (κ2) is 10.2. The van der Waals surface area contributed by atoms with E-state index in [1.54, 1.807) is 13.2 Å². The van der Waals surface area contributed by atoms with E-state index in [4.69, 9.17) is 4.74 Å². The minimum absolute atomic E-state index is 0.0567. The lowest BCUT2D eigenvalue weighted by Gasteiger charge is -2.11. The molecule has 174 valence electrons. The van der Waals surface area contributed by atoms with Crippen LogP contribution in [0.1, 0.15) is 11.5 Å². The zero-order valence-corrected chi connectivity index (χ0v) is 19.4. The molecule has 2 heterocycles. The predicted molar refractivity (Wildman–Crippen MR) is 129 cm³/mol. The molecule has 4 rings (SSSR count). The van der Waals surface area contributed by atoms with Crippen molar-refractivity contribution in [2.75, 3.05) is 18.2 Å². The molecule has 0 bridgehead atoms. The van der Waals surface area contributed by atoms with Gasteiger partial charge in [-0.05, 0) is 42.5 Å². The van der Waals surface area contributed by atoms with Gasteiger partial charge in [0.2, 0.25) is 5.91 Å². The molecular formula is C23H22N6O4S. The van der Waals surface area contributed by atoms with Gasteiger partial charge in [0.15, 0.2) is 5.16 Å². The monoisotopic (exact) mass is 478 g/mol. The third-order valence-corrected chi connectivity index (χ3v) is 6.02. The number of rotatable bonds is 9. The maximum Gasteiger partial charge on any atom is 0.271 e. The quantitative estimate of drug-likeness (QED) is 0.221. The van der Waals surface area contributed by atoms with Crippen LogP contribution in [0.15, 0.2) is 72.0 Å². The molecule has 0 aliphatic heterocycles. The molecule has 1 N–H and O–H groups in total. The molecule has 34 heavy (non-hydrogen) atoms. The number of nitrogens with zero attached hydrogens (tertiary/aromatic N) is 5. The first-order valence-electron chi connectivity index (χ1n) is 10.3. The highest BCUT2D eigenvalue weighted by Gasteiger charge is 2.18. The number of hydrogen-bond acceptors (Lipinski definition) is 7. The number of aryl methyl sites for hydroxylation is 1. The van der Waals surface area contributed by atoms with Crippen molar-refractivity contribution in [1.82, 2.24) is 19.3 Å². The van der Waals surface area contributed by atoms with Gasteiger partial charge in [-0.1, -0.05) is 17.8 Å². The number of nitro benzene ring substituents is 1. The van der Waals surface area contributed by atoms with Crippen molar-refractivity contribution in [3.8, 4) is 11.4 Å². The lowest BCUT2D eigenvalue weighted by atomic mass is 10.2. The average molecular weight is 479 g/mol. The minimum Gasteiger partial charge on any atom is -0.497 e. The number of benzene rings is 2. The van der Waals surface area contributed by atoms with E-state index < -0.39 is 4.92 Å². The van der Waals surface area contributed by atoms with E-state index in [-0.39, 0.29) is 17.3 Å². The summed E-state index contributed by atoms with van der Waals surface area (Å²) in [5, 5.41) is 22.9. The molecule has 0 fully saturated rings. The number of nitrogens with one attached hydrogen (secondary N) is 1. The number of nitro groups is 1. The predicted octanol–water partition coefficient (Wildman–Crippen LogP) is 3.84. The highest BCUT2D eigenvalue weighted by Crippen LogP contribution is 2.25. The van der Waals surface area contributed by atoms with Crippen LogP contribution >= 0.6 is 11.8 Å². The maximum absolute atomic E-state index is 12.5. The molecule has 10 nitrogen and oxygen atoms in total. The van der Waals surface area contributed by atoms with Crippen LogP contribution in [0.3, 0.4) is 0 Å². The Morgan fingerprint density at radius 3 is 2.62 bits per heavy atom. The third-order valence-electron chi connectivity index (χ3n) is 5.09. The second-order valence-corrected chi connectivity index (χ2v) is 8.31. The highest BCUT2D eigenvalue weighted by atomic mass is 32.2. The molecule has 0 aliphatic rings. The van der Waals surface area contributed by atoms with Gasteiger partial charge < -0.3 is 14.6 Å². The number of non-ortho nitro benzene ring substituents is 1. The molecule has 2 aromatic carbocycles. The van der Waals surface area contributed by atoms with Crippen LogP contribution in [0.2, 0.25) is 0 Å². The summed E-state index contributed by atoms with van der Waals surface area (Å²) in [4.78, 5) is 23.0. The Morgan fingerprint density at radius 2 is 1.94 bits per heavy atom. The molecule has 0 atom stereocenters. The van der Waals surface area contributed by atoms with E-state index in [0.29, 0.717) is 17.3 Å². The number of thioether (sulfide) groups is 1. The van der Waals surface area contributed by atoms with Gasteiger partial charge in [0.05, 0.1) is 17.8 Å². The van der Waals surface area contributed by atoms with Gasteiger partial charge in [-0.2, -0.15) is 0 Å². The summed E-state index contributed by atoms with van der Waals surface area (Å²) in [6, 6.07) is 17.3. The molecular weight excluding hydrogens is 456 g/mol. The number of anilines is 1. The Bertz CT molecular complexity index is 1320. The van der Waals surface area contributed by atoms with Crippen LogP contribution in [0.5, 0.6) is 5.75 Å². The number of carbonyl (C=O) groups is 1. The molecule has 0 aliphatic carbocycles. The van der Waals surface area contributed by atoms with E-state index in [0.717, 1.165) is 23.0 Å². The topological polar surface area (TPSA) is 117 Å². The summed E-state index contributed by atoms with van der Waals surface area (Å²) >= 11 is 1.23. The van der Waals surface area contributed by atoms with Crippen molar-refractivity contribution in [2.24, 2.45) is 7.05 Å². The molecule has 1 amide bonds. The second-order valence-electron chi connectivity index (χ2n) is 7.36. The van der Waals surface area contributed by atoms with Crippen molar-refractivity contribution in [3.63, 3.8) is 0 Å². The van der Waals surface area contributed by atoms with Gasteiger partial charge in [-0.25, -0.2) is 0 Å². The van der Waals surface area contributed by atoms with Crippen LogP contribution in [0.4, 0.5) is 11.4 Å². The number of carbonyl (C=O) groups excluding carboxylic acids is 1. The number of ether oxygens (including phenoxy) is 1. The molecule has 2 aromatic heterocycles. The van der Waals surface area contributed by atoms with Gasteiger partial charge in [0.1, 0.15) is 11.6 Å². The normalized spacial score (nSPS) is 10.8. The van der Waals surface area contributed by atoms with Crippen molar-refractivity contribution >= 4 is 29.0 Å². The molecule has 0 saturated heterocycles. The van der Waals surface area contributed by atoms with Crippen molar-refractivity contribution in [3.05, 3.63) is 88.5 Å². The Morgan fingerprint density at radius 1 is 1.15 bits per heavy atom. The SMILES string of the molecule is COc1ccc(-n2c(Cc3cccn3C)nnc2SCC(=O)Nc2cccc([N+](=O)[O-])c2)cc1. The van der Waals surface area contributed by atoms with E-state index in [1.807, 2.05) is 58.8 Å². The smallest absolute Gasteiger partial charge is 0.271 e. The van der Waals surface area contributed by atoms with E-state index >= 15 is 0 Å². The molecule has 11 heteroatoms. The fourth-order valence-electron chi connectivity index (χ4n) is 3.37. The van der Waals surface area contributed by atoms with Crippen molar-refractivity contribution < 1.29 is 14.5 Å². The average Bonchev–Trinajstić information content (AvgIpc) is 3.43. The first-order valence-corrected chi connectivity index (χ1v) is 11.3. The van der Waals surface area contributed by atoms with Crippen LogP contribution in [0, 0.1) is 10.1 Å². The fraction of sp³-hybridized carbons (Fsp3) is 0.174. The van der Waals surface area contributed by atoms with E-state index in [2.05, 4.69) is 15.5 Å². The molecule has 0 unspecified atom stereocenters. The Labute approximate surface area is 199 Å². The van der Waals surface area contributed by atoms with Gasteiger partial charge in [0.25, 0.3) is 5.69 Å². The van der Waals surface area contributed by atoms with E-state index in [9.17, 15) is 14.9 Å². The van der Waals surface area contributed by atoms with Crippen LogP contribution < -0.4 is 10.1 Å². The third kappa shape index (κ3) is 5.26. The number of methoxy groups -OCH3 is 1. The van der Waals surface area contributed by atoms with Gasteiger partial charge in [-0.15, -0.1) is 10.2 Å². The molecule has 4 aromatic rings. The summed E-state index contributed by atoms with van der Waals surface area (Å²) in [7, 11) is 3.58. The summed E-state index contributed by atoms with van der Waals surface area (Å²) in [6.07, 6.45) is 2.53. The molecule has 0 radical (unpaired) electrons. The lowest BCUT2D eigenvalue weighted by Crippen LogP contribution is -2.15. The van der Waals surface area contributed by atoms with Crippen molar-refractivity contribution in [2.45, 2.75) is 11.6 Å². The van der Waals surface area contributed by atoms with Gasteiger partial charge in [-0.3, -0.25) is 19.5 Å².